The van der Waals surface area contributed by atoms with Crippen LogP contribution in [0.1, 0.15) is 11.1 Å². The van der Waals surface area contributed by atoms with Gasteiger partial charge in [-0.1, -0.05) is 36.4 Å². The number of nitrogens with one attached hydrogen (secondary N) is 1. The molecule has 192 valence electrons. The van der Waals surface area contributed by atoms with Gasteiger partial charge in [-0.05, 0) is 29.3 Å². The lowest BCUT2D eigenvalue weighted by Crippen LogP contribution is -2.51. The third-order valence-corrected chi connectivity index (χ3v) is 6.47. The van der Waals surface area contributed by atoms with E-state index in [1.54, 1.807) is 28.4 Å². The van der Waals surface area contributed by atoms with Crippen LogP contribution in [0, 0.1) is 0 Å². The summed E-state index contributed by atoms with van der Waals surface area (Å²) in [4.78, 5) is 12.5. The summed E-state index contributed by atoms with van der Waals surface area (Å²) < 4.78 is 22.5. The van der Waals surface area contributed by atoms with Crippen LogP contribution in [0.2, 0.25) is 0 Å². The summed E-state index contributed by atoms with van der Waals surface area (Å²) in [5.41, 5.74) is 3.22. The van der Waals surface area contributed by atoms with Gasteiger partial charge in [0.1, 0.15) is 12.2 Å². The van der Waals surface area contributed by atoms with Crippen molar-refractivity contribution in [1.82, 2.24) is 9.80 Å². The number of rotatable bonds is 13. The van der Waals surface area contributed by atoms with Gasteiger partial charge in [-0.25, -0.2) is 0 Å². The molecule has 7 heteroatoms. The lowest BCUT2D eigenvalue weighted by Gasteiger charge is -2.35. The van der Waals surface area contributed by atoms with Crippen molar-refractivity contribution in [1.29, 1.82) is 0 Å². The number of carbonyl (C=O) groups is 1. The third kappa shape index (κ3) is 6.92. The van der Waals surface area contributed by atoms with Gasteiger partial charge >= 0.3 is 0 Å². The number of amides is 1. The van der Waals surface area contributed by atoms with E-state index in [9.17, 15) is 4.79 Å². The first-order chi connectivity index (χ1) is 17.4. The summed E-state index contributed by atoms with van der Waals surface area (Å²) in [6, 6.07) is 21.8. The Kier molecular flexibility index (Phi) is 9.59. The highest BCUT2D eigenvalue weighted by Crippen LogP contribution is 2.34. The number of ether oxygens (including phenoxy) is 4. The third-order valence-electron chi connectivity index (χ3n) is 6.47. The Balaban J connectivity index is 1.77. The summed E-state index contributed by atoms with van der Waals surface area (Å²) in [6.07, 6.45) is 1.18. The largest absolute Gasteiger partial charge is 0.493 e. The molecular formula is C29H37N2O5+. The molecule has 1 amide bonds. The van der Waals surface area contributed by atoms with Gasteiger partial charge in [-0.2, -0.15) is 0 Å². The minimum atomic E-state index is 0.0138. The molecule has 0 aromatic heterocycles. The molecule has 3 aromatic rings. The van der Waals surface area contributed by atoms with Crippen molar-refractivity contribution >= 4 is 11.6 Å². The highest BCUT2D eigenvalue weighted by Gasteiger charge is 2.27. The molecule has 1 unspecified atom stereocenters. The van der Waals surface area contributed by atoms with Crippen LogP contribution in [0.25, 0.3) is 0 Å². The van der Waals surface area contributed by atoms with Crippen LogP contribution < -0.4 is 28.7 Å². The summed E-state index contributed by atoms with van der Waals surface area (Å²) in [6.45, 7) is 2.06. The van der Waals surface area contributed by atoms with Gasteiger partial charge in [0, 0.05) is 18.6 Å². The average molecular weight is 494 g/mol. The predicted octanol–water partition coefficient (Wildman–Crippen LogP) is 4.26. The Labute approximate surface area is 214 Å². The Bertz CT molecular complexity index is 1140. The smallest absolute Gasteiger partial charge is 0.224 e. The van der Waals surface area contributed by atoms with E-state index in [4.69, 9.17) is 18.9 Å². The maximum atomic E-state index is 12.5. The average Bonchev–Trinajstić information content (AvgIpc) is 2.91. The van der Waals surface area contributed by atoms with Gasteiger partial charge in [0.15, 0.2) is 23.0 Å². The van der Waals surface area contributed by atoms with Crippen molar-refractivity contribution in [2.45, 2.75) is 12.8 Å². The quantitative estimate of drug-likeness (QED) is 0.361. The number of carbonyl (C=O) groups excluding carboxylic acids is 1. The Morgan fingerprint density at radius 2 is 1.33 bits per heavy atom. The molecule has 0 spiro atoms. The van der Waals surface area contributed by atoms with Crippen molar-refractivity contribution in [2.75, 3.05) is 55.1 Å². The Morgan fingerprint density at radius 3 is 1.97 bits per heavy atom. The summed E-state index contributed by atoms with van der Waals surface area (Å²) in [5, 5.41) is 3.09. The summed E-state index contributed by atoms with van der Waals surface area (Å²) in [5.74, 6) is 2.80. The van der Waals surface area contributed by atoms with E-state index in [2.05, 4.69) is 24.5 Å². The first kappa shape index (κ1) is 26.9. The molecule has 0 aliphatic rings. The zero-order valence-corrected chi connectivity index (χ0v) is 21.9. The number of hydrogen-bond donors (Lipinski definition) is 1. The van der Waals surface area contributed by atoms with Gasteiger partial charge in [0.25, 0.3) is 0 Å². The molecule has 0 bridgehead atoms. The van der Waals surface area contributed by atoms with E-state index in [-0.39, 0.29) is 5.91 Å². The lowest BCUT2D eigenvalue weighted by atomic mass is 10.1. The molecule has 1 atom stereocenters. The van der Waals surface area contributed by atoms with Gasteiger partial charge in [-0.15, -0.1) is 0 Å². The first-order valence-electron chi connectivity index (χ1n) is 12.0. The second kappa shape index (κ2) is 12.8. The molecule has 0 radical (unpaired) electrons. The molecule has 0 aliphatic heterocycles. The fourth-order valence-electron chi connectivity index (χ4n) is 4.23. The van der Waals surface area contributed by atoms with E-state index >= 15 is 0 Å². The Morgan fingerprint density at radius 1 is 0.722 bits per heavy atom. The molecule has 0 saturated heterocycles. The van der Waals surface area contributed by atoms with Crippen LogP contribution in [0.4, 0.5) is 5.69 Å². The van der Waals surface area contributed by atoms with Crippen molar-refractivity contribution in [3.8, 4) is 23.0 Å². The van der Waals surface area contributed by atoms with E-state index in [0.29, 0.717) is 47.0 Å². The van der Waals surface area contributed by atoms with Crippen LogP contribution in [0.15, 0.2) is 66.7 Å². The maximum absolute atomic E-state index is 12.5. The van der Waals surface area contributed by atoms with Crippen LogP contribution in [0.5, 0.6) is 23.0 Å². The van der Waals surface area contributed by atoms with Crippen molar-refractivity contribution in [3.63, 3.8) is 0 Å². The number of hydrogen-bond acceptors (Lipinski definition) is 5. The van der Waals surface area contributed by atoms with Gasteiger partial charge in [0.2, 0.25) is 5.91 Å². The molecule has 0 fully saturated rings. The van der Waals surface area contributed by atoms with E-state index in [1.165, 1.54) is 0 Å². The van der Waals surface area contributed by atoms with Gasteiger partial charge in [0.05, 0.1) is 55.0 Å². The number of nitrogens with zero attached hydrogens (tertiary/aromatic N) is 1. The van der Waals surface area contributed by atoms with E-state index < -0.39 is 0 Å². The first-order valence-corrected chi connectivity index (χ1v) is 12.0. The second-order valence-corrected chi connectivity index (χ2v) is 8.83. The maximum Gasteiger partial charge on any atom is 0.224 e. The van der Waals surface area contributed by atoms with Crippen LogP contribution in [0.3, 0.4) is 0 Å². The lowest BCUT2D eigenvalue weighted by molar-refractivity contribution is -0.120. The molecule has 0 heterocycles. The Hall–Kier alpha value is -3.71. The minimum absolute atomic E-state index is 0.0138. The van der Waals surface area contributed by atoms with Crippen LogP contribution >= 0.6 is 0 Å². The molecule has 36 heavy (non-hydrogen) atoms. The SMILES string of the molecule is COc1ccc(CC[N+](C)(CCNC(=O)Cc2ccccc2)c2ccc(OC)c(OC)c2)cc1OC. The zero-order valence-electron chi connectivity index (χ0n) is 21.9. The fraction of sp³-hybridized carbons (Fsp3) is 0.345. The van der Waals surface area contributed by atoms with E-state index in [0.717, 1.165) is 29.8 Å². The molecule has 1 N–H and O–H groups in total. The van der Waals surface area contributed by atoms with Crippen LogP contribution in [-0.2, 0) is 17.6 Å². The number of quaternary nitrogens is 1. The van der Waals surface area contributed by atoms with Crippen LogP contribution in [-0.4, -0.2) is 61.0 Å². The molecular weight excluding hydrogens is 456 g/mol. The molecule has 3 rings (SSSR count). The van der Waals surface area contributed by atoms with Gasteiger partial charge in [-0.3, -0.25) is 9.28 Å². The monoisotopic (exact) mass is 493 g/mol. The second-order valence-electron chi connectivity index (χ2n) is 8.83. The number of likely N-dealkylation sites (N-methyl/N-ethyl adjacent to an activating group) is 1. The molecule has 7 nitrogen and oxygen atoms in total. The van der Waals surface area contributed by atoms with Crippen molar-refractivity contribution < 1.29 is 23.7 Å². The molecule has 3 aromatic carbocycles. The van der Waals surface area contributed by atoms with Crippen molar-refractivity contribution in [2.24, 2.45) is 0 Å². The normalized spacial score (nSPS) is 12.4. The molecule has 0 aliphatic carbocycles. The predicted molar refractivity (Wildman–Crippen MR) is 143 cm³/mol. The number of methoxy groups -OCH3 is 4. The zero-order chi connectivity index (χ0) is 26.0. The fourth-order valence-corrected chi connectivity index (χ4v) is 4.23. The number of benzene rings is 3. The molecule has 0 saturated carbocycles. The minimum Gasteiger partial charge on any atom is -0.493 e. The standard InChI is InChI=1S/C29H36N2O5/c1-31(24-12-14-26(34-3)28(21-24)36-5,17-15-23-11-13-25(33-2)27(19-23)35-4)18-16-30-29(32)20-22-9-7-6-8-10-22/h6-14,19,21H,15-18,20H2,1-5H3/p+1. The summed E-state index contributed by atoms with van der Waals surface area (Å²) in [7, 11) is 8.72. The highest BCUT2D eigenvalue weighted by molar-refractivity contribution is 5.78. The van der Waals surface area contributed by atoms with E-state index in [1.807, 2.05) is 54.6 Å². The summed E-state index contributed by atoms with van der Waals surface area (Å²) >= 11 is 0. The van der Waals surface area contributed by atoms with Crippen molar-refractivity contribution in [3.05, 3.63) is 77.9 Å². The van der Waals surface area contributed by atoms with Gasteiger partial charge < -0.3 is 24.3 Å². The topological polar surface area (TPSA) is 66.0 Å². The highest BCUT2D eigenvalue weighted by atomic mass is 16.5.